The number of halogens is 1. The molecular formula is C18H20FNO. The van der Waals surface area contributed by atoms with Crippen molar-refractivity contribution >= 4 is 0 Å². The van der Waals surface area contributed by atoms with Crippen LogP contribution in [0.4, 0.5) is 4.39 Å². The van der Waals surface area contributed by atoms with E-state index in [1.165, 1.54) is 6.07 Å². The highest BCUT2D eigenvalue weighted by molar-refractivity contribution is 5.25. The standard InChI is InChI=1S/C18H20FNO/c19-16-8-4-7-14(9-16)15-10-17(11-15)20-18(12-21)13-5-2-1-3-6-13/h1-9,15,17-18,20-21H,10-12H2/t15?,17?,18-/m0/s1. The molecule has 0 amide bonds. The Balaban J connectivity index is 1.57. The lowest BCUT2D eigenvalue weighted by Gasteiger charge is -2.38. The number of aliphatic hydroxyl groups is 1. The van der Waals surface area contributed by atoms with Gasteiger partial charge in [0.15, 0.2) is 0 Å². The maximum atomic E-state index is 13.2. The highest BCUT2D eigenvalue weighted by Gasteiger charge is 2.31. The minimum atomic E-state index is -0.165. The Bertz CT molecular complexity index is 581. The van der Waals surface area contributed by atoms with Gasteiger partial charge in [-0.2, -0.15) is 0 Å². The first kappa shape index (κ1) is 14.2. The van der Waals surface area contributed by atoms with Crippen molar-refractivity contribution in [3.05, 3.63) is 71.5 Å². The summed E-state index contributed by atoms with van der Waals surface area (Å²) >= 11 is 0. The Morgan fingerprint density at radius 1 is 1.10 bits per heavy atom. The van der Waals surface area contributed by atoms with E-state index in [1.807, 2.05) is 36.4 Å². The zero-order chi connectivity index (χ0) is 14.7. The van der Waals surface area contributed by atoms with Crippen LogP contribution in [0.15, 0.2) is 54.6 Å². The van der Waals surface area contributed by atoms with Crippen LogP contribution >= 0.6 is 0 Å². The fourth-order valence-corrected chi connectivity index (χ4v) is 3.01. The third-order valence-corrected chi connectivity index (χ3v) is 4.28. The van der Waals surface area contributed by atoms with Crippen molar-refractivity contribution in [1.82, 2.24) is 5.32 Å². The number of hydrogen-bond donors (Lipinski definition) is 2. The van der Waals surface area contributed by atoms with Gasteiger partial charge in [-0.3, -0.25) is 0 Å². The molecule has 1 aliphatic carbocycles. The average molecular weight is 285 g/mol. The highest BCUT2D eigenvalue weighted by Crippen LogP contribution is 2.38. The molecule has 0 radical (unpaired) electrons. The second-order valence-electron chi connectivity index (χ2n) is 5.73. The molecule has 0 spiro atoms. The van der Waals surface area contributed by atoms with Crippen molar-refractivity contribution in [3.8, 4) is 0 Å². The van der Waals surface area contributed by atoms with Crippen molar-refractivity contribution < 1.29 is 9.50 Å². The lowest BCUT2D eigenvalue weighted by Crippen LogP contribution is -2.43. The monoisotopic (exact) mass is 285 g/mol. The van der Waals surface area contributed by atoms with Crippen molar-refractivity contribution in [2.45, 2.75) is 30.8 Å². The summed E-state index contributed by atoms with van der Waals surface area (Å²) in [5.74, 6) is 0.259. The third-order valence-electron chi connectivity index (χ3n) is 4.28. The van der Waals surface area contributed by atoms with Gasteiger partial charge in [-0.1, -0.05) is 42.5 Å². The summed E-state index contributed by atoms with van der Waals surface area (Å²) < 4.78 is 13.2. The Hall–Kier alpha value is -1.71. The molecule has 0 saturated heterocycles. The SMILES string of the molecule is OC[C@H](NC1CC(c2cccc(F)c2)C1)c1ccccc1. The first-order valence-corrected chi connectivity index (χ1v) is 7.43. The van der Waals surface area contributed by atoms with Gasteiger partial charge in [-0.15, -0.1) is 0 Å². The van der Waals surface area contributed by atoms with Gasteiger partial charge in [0.05, 0.1) is 12.6 Å². The van der Waals surface area contributed by atoms with Crippen LogP contribution in [-0.4, -0.2) is 17.8 Å². The van der Waals surface area contributed by atoms with Crippen molar-refractivity contribution in [2.24, 2.45) is 0 Å². The third kappa shape index (κ3) is 3.31. The Morgan fingerprint density at radius 2 is 1.86 bits per heavy atom. The molecule has 3 heteroatoms. The molecular weight excluding hydrogens is 265 g/mol. The van der Waals surface area contributed by atoms with Crippen LogP contribution in [0.3, 0.4) is 0 Å². The van der Waals surface area contributed by atoms with Gasteiger partial charge in [-0.25, -0.2) is 4.39 Å². The molecule has 1 saturated carbocycles. The molecule has 1 aliphatic rings. The van der Waals surface area contributed by atoms with Crippen LogP contribution in [0.5, 0.6) is 0 Å². The van der Waals surface area contributed by atoms with Gasteiger partial charge in [0, 0.05) is 6.04 Å². The molecule has 1 atom stereocenters. The number of hydrogen-bond acceptors (Lipinski definition) is 2. The predicted octanol–water partition coefficient (Wildman–Crippen LogP) is 3.39. The van der Waals surface area contributed by atoms with Gasteiger partial charge in [0.1, 0.15) is 5.82 Å². The van der Waals surface area contributed by atoms with Crippen LogP contribution in [0, 0.1) is 5.82 Å². The fraction of sp³-hybridized carbons (Fsp3) is 0.333. The van der Waals surface area contributed by atoms with Crippen LogP contribution < -0.4 is 5.32 Å². The van der Waals surface area contributed by atoms with E-state index in [2.05, 4.69) is 5.32 Å². The van der Waals surface area contributed by atoms with Crippen molar-refractivity contribution in [1.29, 1.82) is 0 Å². The normalized spacial score (nSPS) is 22.6. The molecule has 0 aliphatic heterocycles. The summed E-state index contributed by atoms with van der Waals surface area (Å²) in [6, 6.07) is 17.2. The molecule has 2 nitrogen and oxygen atoms in total. The van der Waals surface area contributed by atoms with E-state index in [4.69, 9.17) is 0 Å². The molecule has 2 aromatic rings. The maximum absolute atomic E-state index is 13.2. The number of benzene rings is 2. The average Bonchev–Trinajstić information content (AvgIpc) is 2.47. The summed E-state index contributed by atoms with van der Waals surface area (Å²) in [4.78, 5) is 0. The summed E-state index contributed by atoms with van der Waals surface area (Å²) in [6.45, 7) is 0.0884. The first-order valence-electron chi connectivity index (χ1n) is 7.43. The van der Waals surface area contributed by atoms with Crippen molar-refractivity contribution in [3.63, 3.8) is 0 Å². The summed E-state index contributed by atoms with van der Waals surface area (Å²) in [5, 5.41) is 13.0. The van der Waals surface area contributed by atoms with Gasteiger partial charge in [0.2, 0.25) is 0 Å². The second-order valence-corrected chi connectivity index (χ2v) is 5.73. The highest BCUT2D eigenvalue weighted by atomic mass is 19.1. The van der Waals surface area contributed by atoms with Gasteiger partial charge < -0.3 is 10.4 Å². The molecule has 2 N–H and O–H groups in total. The quantitative estimate of drug-likeness (QED) is 0.882. The van der Waals surface area contributed by atoms with E-state index < -0.39 is 0 Å². The van der Waals surface area contributed by atoms with E-state index in [9.17, 15) is 9.50 Å². The summed E-state index contributed by atoms with van der Waals surface area (Å²) in [5.41, 5.74) is 2.18. The zero-order valence-corrected chi connectivity index (χ0v) is 11.9. The Morgan fingerprint density at radius 3 is 2.52 bits per heavy atom. The topological polar surface area (TPSA) is 32.3 Å². The van der Waals surface area contributed by atoms with Crippen LogP contribution in [0.2, 0.25) is 0 Å². The summed E-state index contributed by atoms with van der Waals surface area (Å²) in [6.07, 6.45) is 1.99. The molecule has 0 bridgehead atoms. The lowest BCUT2D eigenvalue weighted by atomic mass is 9.75. The molecule has 3 rings (SSSR count). The van der Waals surface area contributed by atoms with E-state index >= 15 is 0 Å². The maximum Gasteiger partial charge on any atom is 0.123 e. The van der Waals surface area contributed by atoms with E-state index in [0.717, 1.165) is 24.0 Å². The van der Waals surface area contributed by atoms with Crippen LogP contribution in [0.1, 0.15) is 35.9 Å². The minimum absolute atomic E-state index is 0.0235. The predicted molar refractivity (Wildman–Crippen MR) is 81.6 cm³/mol. The molecule has 0 heterocycles. The molecule has 110 valence electrons. The zero-order valence-electron chi connectivity index (χ0n) is 11.9. The molecule has 1 fully saturated rings. The van der Waals surface area contributed by atoms with Crippen LogP contribution in [0.25, 0.3) is 0 Å². The summed E-state index contributed by atoms with van der Waals surface area (Å²) in [7, 11) is 0. The molecule has 0 aromatic heterocycles. The van der Waals surface area contributed by atoms with E-state index in [-0.39, 0.29) is 18.5 Å². The minimum Gasteiger partial charge on any atom is -0.394 e. The number of rotatable bonds is 5. The van der Waals surface area contributed by atoms with Gasteiger partial charge in [0.25, 0.3) is 0 Å². The van der Waals surface area contributed by atoms with E-state index in [1.54, 1.807) is 12.1 Å². The van der Waals surface area contributed by atoms with Crippen LogP contribution in [-0.2, 0) is 0 Å². The molecule has 0 unspecified atom stereocenters. The lowest BCUT2D eigenvalue weighted by molar-refractivity contribution is 0.197. The van der Waals surface area contributed by atoms with Crippen molar-refractivity contribution in [2.75, 3.05) is 6.61 Å². The smallest absolute Gasteiger partial charge is 0.123 e. The Kier molecular flexibility index (Phi) is 4.32. The van der Waals surface area contributed by atoms with Gasteiger partial charge >= 0.3 is 0 Å². The first-order chi connectivity index (χ1) is 10.3. The number of nitrogens with one attached hydrogen (secondary N) is 1. The van der Waals surface area contributed by atoms with Gasteiger partial charge in [-0.05, 0) is 42.0 Å². The number of aliphatic hydroxyl groups excluding tert-OH is 1. The molecule has 2 aromatic carbocycles. The van der Waals surface area contributed by atoms with E-state index in [0.29, 0.717) is 12.0 Å². The fourth-order valence-electron chi connectivity index (χ4n) is 3.01. The molecule has 21 heavy (non-hydrogen) atoms. The second kappa shape index (κ2) is 6.37. The Labute approximate surface area is 124 Å². The largest absolute Gasteiger partial charge is 0.394 e.